The fourth-order valence-electron chi connectivity index (χ4n) is 6.01. The molecule has 5 aromatic heterocycles. The fourth-order valence-corrected chi connectivity index (χ4v) is 6.01. The van der Waals surface area contributed by atoms with E-state index in [2.05, 4.69) is 66.1 Å². The number of nitrogens with two attached hydrogens (primary N) is 2. The van der Waals surface area contributed by atoms with Gasteiger partial charge in [0.15, 0.2) is 22.3 Å². The van der Waals surface area contributed by atoms with Crippen LogP contribution in [0.25, 0.3) is 22.3 Å². The quantitative estimate of drug-likeness (QED) is 0.0530. The summed E-state index contributed by atoms with van der Waals surface area (Å²) in [5, 5.41) is 54.7. The normalized spacial score (nSPS) is 11.3. The molecule has 73 heavy (non-hydrogen) atoms. The predicted octanol–water partition coefficient (Wildman–Crippen LogP) is 0.690. The number of aliphatic carboxylic acids is 4. The van der Waals surface area contributed by atoms with E-state index in [4.69, 9.17) is 37.0 Å². The number of benzene rings is 2. The zero-order valence-electron chi connectivity index (χ0n) is 37.7. The number of nitrogens with zero attached hydrogens (tertiary/aromatic N) is 7. The van der Waals surface area contributed by atoms with Crippen molar-refractivity contribution in [1.82, 2.24) is 55.5 Å². The molecule has 0 radical (unpaired) electrons. The van der Waals surface area contributed by atoms with E-state index < -0.39 is 64.9 Å². The van der Waals surface area contributed by atoms with Crippen molar-refractivity contribution in [2.75, 3.05) is 22.1 Å². The van der Waals surface area contributed by atoms with Crippen LogP contribution in [0.15, 0.2) is 95.0 Å². The van der Waals surface area contributed by atoms with Crippen LogP contribution in [-0.2, 0) is 32.3 Å². The van der Waals surface area contributed by atoms with Gasteiger partial charge in [-0.05, 0) is 73.5 Å². The number of nitrogen functional groups attached to an aromatic ring is 2. The highest BCUT2D eigenvalue weighted by molar-refractivity contribution is 5.97. The number of aromatic carboxylic acids is 1. The van der Waals surface area contributed by atoms with Crippen molar-refractivity contribution in [3.8, 4) is 0 Å². The smallest absolute Gasteiger partial charge is 0.337 e. The number of rotatable bonds is 19. The van der Waals surface area contributed by atoms with E-state index in [1.54, 1.807) is 30.3 Å². The first-order valence-electron chi connectivity index (χ1n) is 21.1. The van der Waals surface area contributed by atoms with Gasteiger partial charge in [-0.3, -0.25) is 33.8 Å². The van der Waals surface area contributed by atoms with Gasteiger partial charge in [-0.25, -0.2) is 34.3 Å². The lowest BCUT2D eigenvalue weighted by Crippen LogP contribution is -2.41. The minimum absolute atomic E-state index is 0.0524. The van der Waals surface area contributed by atoms with Crippen LogP contribution in [0.3, 0.4) is 0 Å². The van der Waals surface area contributed by atoms with Crippen LogP contribution in [0, 0.1) is 0 Å². The molecule has 0 fully saturated rings. The van der Waals surface area contributed by atoms with Gasteiger partial charge < -0.3 is 68.2 Å². The molecule has 0 bridgehead atoms. The molecule has 7 aromatic rings. The van der Waals surface area contributed by atoms with Gasteiger partial charge >= 0.3 is 41.0 Å². The molecule has 29 heteroatoms. The Morgan fingerprint density at radius 1 is 0.548 bits per heavy atom. The monoisotopic (exact) mass is 1010 g/mol. The number of carbonyl (C=O) groups excluding carboxylic acids is 2. The Morgan fingerprint density at radius 2 is 0.959 bits per heavy atom. The average molecular weight is 1010 g/mol. The number of carbonyl (C=O) groups is 7. The van der Waals surface area contributed by atoms with Crippen molar-refractivity contribution >= 4 is 87.3 Å². The molecule has 2 atom stereocenters. The second-order valence-corrected chi connectivity index (χ2v) is 15.0. The molecule has 0 saturated carbocycles. The Morgan fingerprint density at radius 3 is 1.29 bits per heavy atom. The zero-order valence-corrected chi connectivity index (χ0v) is 37.7. The van der Waals surface area contributed by atoms with Gasteiger partial charge in [0.2, 0.25) is 11.9 Å². The molecule has 7 rings (SSSR count). The van der Waals surface area contributed by atoms with Gasteiger partial charge in [0.05, 0.1) is 42.4 Å². The largest absolute Gasteiger partial charge is 0.481 e. The molecule has 0 aliphatic carbocycles. The predicted molar refractivity (Wildman–Crippen MR) is 255 cm³/mol. The van der Waals surface area contributed by atoms with Crippen LogP contribution in [-0.4, -0.2) is 124 Å². The van der Waals surface area contributed by atoms with E-state index >= 15 is 0 Å². The minimum atomic E-state index is -1.31. The van der Waals surface area contributed by atoms with E-state index in [0.717, 1.165) is 0 Å². The third kappa shape index (κ3) is 16.3. The van der Waals surface area contributed by atoms with Crippen LogP contribution in [0.4, 0.5) is 23.3 Å². The lowest BCUT2D eigenvalue weighted by atomic mass is 10.1. The maximum Gasteiger partial charge on any atom is 0.337 e. The molecule has 0 aliphatic rings. The SMILES string of the molecule is Nc1nc(=O)c2nc(CNc3ccc(C(=O)N[C@@H](CCC(=O)O)C(=O)O)cc3)cnc2[nH]1.Nc1nc(=O)c2nc(CNc3ccc(C(=O)N[C@@H](CCC(=O)O)C(=O)O)cc3)cnc2[nH]1.O=C(O)c1cccnc1. The van der Waals surface area contributed by atoms with Crippen molar-refractivity contribution in [2.24, 2.45) is 0 Å². The summed E-state index contributed by atoms with van der Waals surface area (Å²) in [6.07, 6.45) is 4.56. The highest BCUT2D eigenvalue weighted by Crippen LogP contribution is 2.14. The van der Waals surface area contributed by atoms with E-state index in [1.807, 2.05) is 0 Å². The van der Waals surface area contributed by atoms with E-state index in [0.29, 0.717) is 22.8 Å². The Kier molecular flexibility index (Phi) is 18.5. The second-order valence-electron chi connectivity index (χ2n) is 15.0. The molecule has 378 valence electrons. The first kappa shape index (κ1) is 53.5. The van der Waals surface area contributed by atoms with Gasteiger partial charge in [-0.1, -0.05) is 0 Å². The molecule has 0 unspecified atom stereocenters. The van der Waals surface area contributed by atoms with Gasteiger partial charge in [-0.15, -0.1) is 0 Å². The maximum absolute atomic E-state index is 12.3. The summed E-state index contributed by atoms with van der Waals surface area (Å²) in [7, 11) is 0. The summed E-state index contributed by atoms with van der Waals surface area (Å²) in [4.78, 5) is 135. The average Bonchev–Trinajstić information content (AvgIpc) is 3.35. The van der Waals surface area contributed by atoms with Crippen molar-refractivity contribution in [3.63, 3.8) is 0 Å². The van der Waals surface area contributed by atoms with Gasteiger partial charge in [0.1, 0.15) is 12.1 Å². The number of hydrogen-bond donors (Lipinski definition) is 13. The van der Waals surface area contributed by atoms with Gasteiger partial charge in [0.25, 0.3) is 11.8 Å². The van der Waals surface area contributed by atoms with E-state index in [1.165, 1.54) is 55.1 Å². The fraction of sp³-hybridized carbons (Fsp3) is 0.182. The van der Waals surface area contributed by atoms with Crippen LogP contribution in [0.5, 0.6) is 0 Å². The van der Waals surface area contributed by atoms with E-state index in [9.17, 15) is 43.2 Å². The van der Waals surface area contributed by atoms with Crippen LogP contribution in [0.2, 0.25) is 0 Å². The highest BCUT2D eigenvalue weighted by atomic mass is 16.4. The van der Waals surface area contributed by atoms with Gasteiger partial charge in [0, 0.05) is 47.7 Å². The van der Waals surface area contributed by atoms with Crippen LogP contribution in [0.1, 0.15) is 68.1 Å². The number of H-pyrrole nitrogens is 2. The summed E-state index contributed by atoms with van der Waals surface area (Å²) < 4.78 is 0. The first-order chi connectivity index (χ1) is 34.8. The van der Waals surface area contributed by atoms with Crippen molar-refractivity contribution in [2.45, 2.75) is 50.9 Å². The number of aromatic amines is 2. The molecule has 2 aromatic carbocycles. The molecule has 5 heterocycles. The zero-order chi connectivity index (χ0) is 53.2. The summed E-state index contributed by atoms with van der Waals surface area (Å²) in [6.45, 7) is 0.461. The number of pyridine rings is 1. The van der Waals surface area contributed by atoms with Crippen LogP contribution >= 0.6 is 0 Å². The summed E-state index contributed by atoms with van der Waals surface area (Å²) in [6, 6.07) is 12.8. The number of nitrogens with one attached hydrogen (secondary N) is 6. The molecule has 0 aliphatic heterocycles. The minimum Gasteiger partial charge on any atom is -0.481 e. The number of amides is 2. The lowest BCUT2D eigenvalue weighted by Gasteiger charge is -2.14. The van der Waals surface area contributed by atoms with Crippen molar-refractivity contribution < 1.29 is 59.1 Å². The second kappa shape index (κ2) is 25.2. The highest BCUT2D eigenvalue weighted by Gasteiger charge is 2.23. The number of carboxylic acid groups (broad SMARTS) is 5. The maximum atomic E-state index is 12.3. The number of anilines is 4. The van der Waals surface area contributed by atoms with E-state index in [-0.39, 0.29) is 89.7 Å². The molecule has 15 N–H and O–H groups in total. The first-order valence-corrected chi connectivity index (χ1v) is 21.1. The Labute approximate surface area is 408 Å². The molecule has 0 saturated heterocycles. The Balaban J connectivity index is 0.000000231. The Bertz CT molecular complexity index is 3070. The number of fused-ring (bicyclic) bond motifs is 2. The summed E-state index contributed by atoms with van der Waals surface area (Å²) in [5.74, 6) is -7.25. The molecule has 0 spiro atoms. The molecule has 2 amide bonds. The third-order valence-electron chi connectivity index (χ3n) is 9.64. The van der Waals surface area contributed by atoms with Crippen LogP contribution < -0.4 is 43.9 Å². The van der Waals surface area contributed by atoms with Crippen molar-refractivity contribution in [1.29, 1.82) is 0 Å². The third-order valence-corrected chi connectivity index (χ3v) is 9.64. The van der Waals surface area contributed by atoms with Crippen molar-refractivity contribution in [3.05, 3.63) is 134 Å². The Hall–Kier alpha value is -10.5. The standard InChI is InChI=1S/2C19H19N7O6.C6H5NO2/c2*20-19-25-15-14(17(30)26-19)23-11(8-22-15)7-21-10-3-1-9(2-4-10)16(29)24-12(18(31)32)5-6-13(27)28;8-6(9)5-2-1-3-7-4-5/h2*1-4,8,12,21H,5-7H2,(H,24,29)(H,27,28)(H,31,32)(H3,20,22,25,26,30);1-4H,(H,8,9)/t2*12-;/m00./s1. The molecular weight excluding hydrogens is 963 g/mol. The number of carboxylic acids is 5. The molecular formula is C44H43N15O14. The number of hydrogen-bond acceptors (Lipinski definition) is 20. The topological polar surface area (TPSA) is 477 Å². The lowest BCUT2D eigenvalue weighted by molar-refractivity contribution is -0.142. The van der Waals surface area contributed by atoms with Gasteiger partial charge in [-0.2, -0.15) is 9.97 Å². The summed E-state index contributed by atoms with van der Waals surface area (Å²) in [5.41, 5.74) is 13.2. The molecule has 29 nitrogen and oxygen atoms in total. The summed E-state index contributed by atoms with van der Waals surface area (Å²) >= 11 is 0. The number of aromatic nitrogens is 9.